The molecule has 0 bridgehead atoms. The second-order valence-electron chi connectivity index (χ2n) is 5.47. The number of hydrogen-bond acceptors (Lipinski definition) is 5. The van der Waals surface area contributed by atoms with E-state index in [4.69, 9.17) is 4.52 Å². The molecule has 1 saturated carbocycles. The maximum absolute atomic E-state index is 5.44. The molecule has 0 unspecified atom stereocenters. The normalized spacial score (nSPS) is 23.1. The summed E-state index contributed by atoms with van der Waals surface area (Å²) in [5, 5.41) is 11.7. The highest BCUT2D eigenvalue weighted by Gasteiger charge is 2.26. The van der Waals surface area contributed by atoms with E-state index >= 15 is 0 Å². The van der Waals surface area contributed by atoms with Crippen molar-refractivity contribution in [3.8, 4) is 11.4 Å². The van der Waals surface area contributed by atoms with Crippen molar-refractivity contribution in [3.63, 3.8) is 0 Å². The molecular formula is C14H21N5O. The summed E-state index contributed by atoms with van der Waals surface area (Å²) >= 11 is 0. The molecule has 0 aliphatic heterocycles. The molecule has 0 amide bonds. The molecule has 0 spiro atoms. The number of aryl methyl sites for hydroxylation is 1. The van der Waals surface area contributed by atoms with E-state index in [1.165, 1.54) is 12.8 Å². The zero-order chi connectivity index (χ0) is 13.9. The van der Waals surface area contributed by atoms with Crippen molar-refractivity contribution in [2.45, 2.75) is 44.6 Å². The van der Waals surface area contributed by atoms with Crippen molar-refractivity contribution in [2.24, 2.45) is 7.05 Å². The van der Waals surface area contributed by atoms with Gasteiger partial charge < -0.3 is 9.84 Å². The lowest BCUT2D eigenvalue weighted by Crippen LogP contribution is -2.32. The zero-order valence-corrected chi connectivity index (χ0v) is 12.0. The molecule has 20 heavy (non-hydrogen) atoms. The average molecular weight is 275 g/mol. The third-order valence-electron chi connectivity index (χ3n) is 3.97. The lowest BCUT2D eigenvalue weighted by Gasteiger charge is -2.26. The first kappa shape index (κ1) is 13.3. The van der Waals surface area contributed by atoms with E-state index in [1.807, 2.05) is 13.2 Å². The van der Waals surface area contributed by atoms with Gasteiger partial charge in [-0.3, -0.25) is 4.68 Å². The molecule has 1 aliphatic carbocycles. The number of hydrogen-bond donors (Lipinski definition) is 1. The van der Waals surface area contributed by atoms with Crippen LogP contribution in [0.2, 0.25) is 0 Å². The molecule has 1 aliphatic rings. The third-order valence-corrected chi connectivity index (χ3v) is 3.97. The first-order valence-electron chi connectivity index (χ1n) is 7.32. The fourth-order valence-electron chi connectivity index (χ4n) is 2.89. The summed E-state index contributed by atoms with van der Waals surface area (Å²) < 4.78 is 7.19. The molecule has 108 valence electrons. The maximum Gasteiger partial charge on any atom is 0.230 e. The van der Waals surface area contributed by atoms with Crippen LogP contribution in [-0.4, -0.2) is 32.5 Å². The van der Waals surface area contributed by atoms with Gasteiger partial charge in [0, 0.05) is 25.2 Å². The molecule has 1 fully saturated rings. The van der Waals surface area contributed by atoms with Crippen molar-refractivity contribution >= 4 is 0 Å². The highest BCUT2D eigenvalue weighted by atomic mass is 16.5. The average Bonchev–Trinajstić information content (AvgIpc) is 3.09. The molecule has 2 aromatic heterocycles. The Morgan fingerprint density at radius 2 is 2.15 bits per heavy atom. The van der Waals surface area contributed by atoms with Crippen LogP contribution in [0.1, 0.15) is 44.4 Å². The largest absolute Gasteiger partial charge is 0.339 e. The summed E-state index contributed by atoms with van der Waals surface area (Å²) in [5.74, 6) is 1.82. The Bertz CT molecular complexity index is 553. The molecule has 1 N–H and O–H groups in total. The Morgan fingerprint density at radius 3 is 2.80 bits per heavy atom. The summed E-state index contributed by atoms with van der Waals surface area (Å²) in [6.45, 7) is 3.20. The minimum Gasteiger partial charge on any atom is -0.339 e. The molecule has 2 aromatic rings. The van der Waals surface area contributed by atoms with E-state index in [2.05, 4.69) is 27.5 Å². The molecule has 6 heteroatoms. The van der Waals surface area contributed by atoms with Crippen LogP contribution in [0.25, 0.3) is 11.4 Å². The summed E-state index contributed by atoms with van der Waals surface area (Å²) in [7, 11) is 1.88. The fraction of sp³-hybridized carbons (Fsp3) is 0.643. The van der Waals surface area contributed by atoms with Gasteiger partial charge in [0.15, 0.2) is 0 Å². The molecule has 2 heterocycles. The van der Waals surface area contributed by atoms with Crippen molar-refractivity contribution in [2.75, 3.05) is 6.54 Å². The maximum atomic E-state index is 5.44. The van der Waals surface area contributed by atoms with Gasteiger partial charge in [0.1, 0.15) is 0 Å². The van der Waals surface area contributed by atoms with Crippen molar-refractivity contribution in [3.05, 3.63) is 18.3 Å². The number of rotatable bonds is 4. The van der Waals surface area contributed by atoms with Gasteiger partial charge in [-0.2, -0.15) is 10.1 Å². The Morgan fingerprint density at radius 1 is 1.35 bits per heavy atom. The quantitative estimate of drug-likeness (QED) is 0.925. The zero-order valence-electron chi connectivity index (χ0n) is 12.0. The fourth-order valence-corrected chi connectivity index (χ4v) is 2.89. The standard InChI is InChI=1S/C14H21N5O/c1-3-15-12-6-4-10(5-7-12)14-17-13(18-20-14)11-8-16-19(2)9-11/h8-10,12,15H,3-7H2,1-2H3. The SMILES string of the molecule is CCNC1CCC(c2nc(-c3cnn(C)c3)no2)CC1. The van der Waals surface area contributed by atoms with Gasteiger partial charge in [-0.05, 0) is 32.2 Å². The highest BCUT2D eigenvalue weighted by molar-refractivity contribution is 5.51. The second kappa shape index (κ2) is 5.75. The first-order chi connectivity index (χ1) is 9.76. The van der Waals surface area contributed by atoms with Gasteiger partial charge in [0.2, 0.25) is 11.7 Å². The van der Waals surface area contributed by atoms with E-state index < -0.39 is 0 Å². The molecule has 0 radical (unpaired) electrons. The molecule has 0 saturated heterocycles. The molecule has 0 atom stereocenters. The Hall–Kier alpha value is -1.69. The number of nitrogens with zero attached hydrogens (tertiary/aromatic N) is 4. The Labute approximate surface area is 118 Å². The second-order valence-corrected chi connectivity index (χ2v) is 5.47. The van der Waals surface area contributed by atoms with Crippen LogP contribution in [0.15, 0.2) is 16.9 Å². The minimum atomic E-state index is 0.405. The van der Waals surface area contributed by atoms with Gasteiger partial charge in [0.25, 0.3) is 0 Å². The number of aromatic nitrogens is 4. The van der Waals surface area contributed by atoms with E-state index in [9.17, 15) is 0 Å². The van der Waals surface area contributed by atoms with Gasteiger partial charge in [-0.25, -0.2) is 0 Å². The summed E-state index contributed by atoms with van der Waals surface area (Å²) in [5.41, 5.74) is 0.906. The number of nitrogens with one attached hydrogen (secondary N) is 1. The van der Waals surface area contributed by atoms with Crippen molar-refractivity contribution in [1.82, 2.24) is 25.2 Å². The predicted octanol–water partition coefficient (Wildman–Crippen LogP) is 2.11. The summed E-state index contributed by atoms with van der Waals surface area (Å²) in [6.07, 6.45) is 8.26. The van der Waals surface area contributed by atoms with Crippen LogP contribution in [-0.2, 0) is 7.05 Å². The minimum absolute atomic E-state index is 0.405. The van der Waals surface area contributed by atoms with Crippen LogP contribution < -0.4 is 5.32 Å². The van der Waals surface area contributed by atoms with Gasteiger partial charge >= 0.3 is 0 Å². The van der Waals surface area contributed by atoms with E-state index in [0.717, 1.165) is 30.8 Å². The van der Waals surface area contributed by atoms with Gasteiger partial charge in [-0.15, -0.1) is 0 Å². The Kier molecular flexibility index (Phi) is 3.82. The summed E-state index contributed by atoms with van der Waals surface area (Å²) in [4.78, 5) is 4.54. The van der Waals surface area contributed by atoms with Crippen LogP contribution >= 0.6 is 0 Å². The van der Waals surface area contributed by atoms with Crippen LogP contribution in [0.4, 0.5) is 0 Å². The Balaban J connectivity index is 1.66. The molecule has 0 aromatic carbocycles. The lowest BCUT2D eigenvalue weighted by atomic mass is 9.86. The molecule has 3 rings (SSSR count). The summed E-state index contributed by atoms with van der Waals surface area (Å²) in [6, 6.07) is 0.650. The molecular weight excluding hydrogens is 254 g/mol. The van der Waals surface area contributed by atoms with Crippen molar-refractivity contribution in [1.29, 1.82) is 0 Å². The first-order valence-corrected chi connectivity index (χ1v) is 7.32. The lowest BCUT2D eigenvalue weighted by molar-refractivity contribution is 0.285. The van der Waals surface area contributed by atoms with Crippen LogP contribution in [0.5, 0.6) is 0 Å². The predicted molar refractivity (Wildman–Crippen MR) is 75.2 cm³/mol. The highest BCUT2D eigenvalue weighted by Crippen LogP contribution is 2.32. The van der Waals surface area contributed by atoms with E-state index in [-0.39, 0.29) is 0 Å². The smallest absolute Gasteiger partial charge is 0.230 e. The van der Waals surface area contributed by atoms with Crippen molar-refractivity contribution < 1.29 is 4.52 Å². The van der Waals surface area contributed by atoms with Gasteiger partial charge in [0.05, 0.1) is 11.8 Å². The van der Waals surface area contributed by atoms with Gasteiger partial charge in [-0.1, -0.05) is 12.1 Å². The van der Waals surface area contributed by atoms with Crippen LogP contribution in [0.3, 0.4) is 0 Å². The van der Waals surface area contributed by atoms with E-state index in [1.54, 1.807) is 10.9 Å². The van der Waals surface area contributed by atoms with E-state index in [0.29, 0.717) is 17.8 Å². The topological polar surface area (TPSA) is 68.8 Å². The van der Waals surface area contributed by atoms with Crippen LogP contribution in [0, 0.1) is 0 Å². The molecule has 6 nitrogen and oxygen atoms in total. The third kappa shape index (κ3) is 2.75. The monoisotopic (exact) mass is 275 g/mol.